The van der Waals surface area contributed by atoms with Crippen molar-refractivity contribution in [1.29, 1.82) is 0 Å². The summed E-state index contributed by atoms with van der Waals surface area (Å²) in [4.78, 5) is 12.2. The van der Waals surface area contributed by atoms with E-state index in [1.54, 1.807) is 33.5 Å². The molecule has 2 aromatic carbocycles. The lowest BCUT2D eigenvalue weighted by atomic mass is 10.1. The van der Waals surface area contributed by atoms with Gasteiger partial charge < -0.3 is 19.5 Å². The average molecular weight is 364 g/mol. The summed E-state index contributed by atoms with van der Waals surface area (Å²) >= 11 is 5.86. The molecule has 0 aliphatic carbocycles. The number of nitrogens with one attached hydrogen (secondary N) is 1. The molecule has 0 atom stereocenters. The molecule has 134 valence electrons. The van der Waals surface area contributed by atoms with Gasteiger partial charge in [0.25, 0.3) is 0 Å². The molecule has 0 bridgehead atoms. The lowest BCUT2D eigenvalue weighted by molar-refractivity contribution is -0.120. The monoisotopic (exact) mass is 363 g/mol. The largest absolute Gasteiger partial charge is 0.493 e. The summed E-state index contributed by atoms with van der Waals surface area (Å²) in [5.41, 5.74) is 1.91. The van der Waals surface area contributed by atoms with Gasteiger partial charge in [-0.05, 0) is 41.8 Å². The van der Waals surface area contributed by atoms with Gasteiger partial charge in [0.1, 0.15) is 0 Å². The molecule has 0 aliphatic heterocycles. The van der Waals surface area contributed by atoms with Crippen LogP contribution in [0.4, 0.5) is 0 Å². The van der Waals surface area contributed by atoms with Crippen LogP contribution in [0, 0.1) is 0 Å². The number of methoxy groups -OCH3 is 3. The highest BCUT2D eigenvalue weighted by Crippen LogP contribution is 2.38. The van der Waals surface area contributed by atoms with Crippen LogP contribution in [0.15, 0.2) is 36.4 Å². The van der Waals surface area contributed by atoms with Crippen molar-refractivity contribution in [3.63, 3.8) is 0 Å². The summed E-state index contributed by atoms with van der Waals surface area (Å²) in [5, 5.41) is 3.62. The first kappa shape index (κ1) is 18.9. The second kappa shape index (κ2) is 9.18. The van der Waals surface area contributed by atoms with Crippen LogP contribution in [0.5, 0.6) is 17.2 Å². The Morgan fingerprint density at radius 3 is 2.08 bits per heavy atom. The second-order valence-electron chi connectivity index (χ2n) is 5.44. The Balaban J connectivity index is 1.94. The molecule has 6 heteroatoms. The molecule has 0 saturated carbocycles. The van der Waals surface area contributed by atoms with E-state index in [0.29, 0.717) is 28.8 Å². The lowest BCUT2D eigenvalue weighted by Gasteiger charge is -2.14. The second-order valence-corrected chi connectivity index (χ2v) is 5.87. The summed E-state index contributed by atoms with van der Waals surface area (Å²) in [6, 6.07) is 11.1. The number of carbonyl (C=O) groups is 1. The number of halogens is 1. The molecular weight excluding hydrogens is 342 g/mol. The number of carbonyl (C=O) groups excluding carboxylic acids is 1. The van der Waals surface area contributed by atoms with Crippen molar-refractivity contribution in [2.24, 2.45) is 0 Å². The Bertz CT molecular complexity index is 691. The molecule has 2 aromatic rings. The maximum Gasteiger partial charge on any atom is 0.224 e. The smallest absolute Gasteiger partial charge is 0.224 e. The van der Waals surface area contributed by atoms with Crippen molar-refractivity contribution < 1.29 is 19.0 Å². The summed E-state index contributed by atoms with van der Waals surface area (Å²) in [6.07, 6.45) is 0.982. The van der Waals surface area contributed by atoms with Gasteiger partial charge in [-0.15, -0.1) is 0 Å². The van der Waals surface area contributed by atoms with E-state index in [1.807, 2.05) is 24.3 Å². The van der Waals surface area contributed by atoms with Gasteiger partial charge in [0.15, 0.2) is 11.5 Å². The van der Waals surface area contributed by atoms with E-state index in [1.165, 1.54) is 0 Å². The van der Waals surface area contributed by atoms with Crippen LogP contribution in [0.2, 0.25) is 5.02 Å². The summed E-state index contributed by atoms with van der Waals surface area (Å²) in [5.74, 6) is 1.51. The van der Waals surface area contributed by atoms with Crippen LogP contribution in [0.3, 0.4) is 0 Å². The number of amides is 1. The predicted octanol–water partition coefficient (Wildman–Crippen LogP) is 3.27. The number of rotatable bonds is 8. The van der Waals surface area contributed by atoms with E-state index >= 15 is 0 Å². The normalized spacial score (nSPS) is 10.2. The zero-order chi connectivity index (χ0) is 18.2. The van der Waals surface area contributed by atoms with Gasteiger partial charge in [0, 0.05) is 11.6 Å². The summed E-state index contributed by atoms with van der Waals surface area (Å²) < 4.78 is 15.9. The molecule has 25 heavy (non-hydrogen) atoms. The van der Waals surface area contributed by atoms with Crippen molar-refractivity contribution in [2.45, 2.75) is 12.8 Å². The number of hydrogen-bond acceptors (Lipinski definition) is 4. The molecule has 0 aliphatic rings. The topological polar surface area (TPSA) is 56.8 Å². The van der Waals surface area contributed by atoms with E-state index in [9.17, 15) is 4.79 Å². The zero-order valence-electron chi connectivity index (χ0n) is 14.6. The van der Waals surface area contributed by atoms with Crippen LogP contribution < -0.4 is 19.5 Å². The number of hydrogen-bond donors (Lipinski definition) is 1. The molecule has 0 unspecified atom stereocenters. The van der Waals surface area contributed by atoms with E-state index in [0.717, 1.165) is 17.5 Å². The van der Waals surface area contributed by atoms with Crippen molar-refractivity contribution in [1.82, 2.24) is 5.32 Å². The molecule has 0 fully saturated rings. The van der Waals surface area contributed by atoms with Crippen molar-refractivity contribution in [3.8, 4) is 17.2 Å². The minimum absolute atomic E-state index is 0.0664. The van der Waals surface area contributed by atoms with Crippen molar-refractivity contribution in [3.05, 3.63) is 52.5 Å². The van der Waals surface area contributed by atoms with E-state index in [-0.39, 0.29) is 12.3 Å². The Hall–Kier alpha value is -2.40. The summed E-state index contributed by atoms with van der Waals surface area (Å²) in [6.45, 7) is 0.560. The molecule has 0 heterocycles. The maximum atomic E-state index is 12.2. The maximum absolute atomic E-state index is 12.2. The highest BCUT2D eigenvalue weighted by Gasteiger charge is 2.14. The fourth-order valence-corrected chi connectivity index (χ4v) is 2.61. The standard InChI is InChI=1S/C19H22ClNO4/c1-23-16-10-14(11-17(24-2)19(16)25-3)12-18(22)21-9-8-13-4-6-15(20)7-5-13/h4-7,10-11H,8-9,12H2,1-3H3,(H,21,22). The third-order valence-corrected chi connectivity index (χ3v) is 3.99. The summed E-state index contributed by atoms with van der Waals surface area (Å²) in [7, 11) is 4.64. The van der Waals surface area contributed by atoms with Gasteiger partial charge in [-0.1, -0.05) is 23.7 Å². The van der Waals surface area contributed by atoms with E-state index in [2.05, 4.69) is 5.32 Å². The highest BCUT2D eigenvalue weighted by molar-refractivity contribution is 6.30. The van der Waals surface area contributed by atoms with Gasteiger partial charge >= 0.3 is 0 Å². The molecule has 1 amide bonds. The number of benzene rings is 2. The van der Waals surface area contributed by atoms with Crippen molar-refractivity contribution in [2.75, 3.05) is 27.9 Å². The Morgan fingerprint density at radius 1 is 0.960 bits per heavy atom. The van der Waals surface area contributed by atoms with Gasteiger partial charge in [0.05, 0.1) is 27.8 Å². The van der Waals surface area contributed by atoms with E-state index in [4.69, 9.17) is 25.8 Å². The molecular formula is C19H22ClNO4. The lowest BCUT2D eigenvalue weighted by Crippen LogP contribution is -2.27. The Kier molecular flexibility index (Phi) is 6.95. The molecule has 1 N–H and O–H groups in total. The third kappa shape index (κ3) is 5.29. The first-order valence-electron chi connectivity index (χ1n) is 7.87. The number of ether oxygens (including phenoxy) is 3. The zero-order valence-corrected chi connectivity index (χ0v) is 15.4. The first-order chi connectivity index (χ1) is 12.1. The minimum atomic E-state index is -0.0664. The van der Waals surface area contributed by atoms with Gasteiger partial charge in [-0.3, -0.25) is 4.79 Å². The van der Waals surface area contributed by atoms with Crippen LogP contribution in [0.1, 0.15) is 11.1 Å². The molecule has 2 rings (SSSR count). The predicted molar refractivity (Wildman–Crippen MR) is 98.0 cm³/mol. The van der Waals surface area contributed by atoms with Gasteiger partial charge in [-0.25, -0.2) is 0 Å². The molecule has 0 aromatic heterocycles. The van der Waals surface area contributed by atoms with Gasteiger partial charge in [-0.2, -0.15) is 0 Å². The first-order valence-corrected chi connectivity index (χ1v) is 8.25. The molecule has 0 spiro atoms. The molecule has 0 saturated heterocycles. The van der Waals surface area contributed by atoms with Crippen molar-refractivity contribution >= 4 is 17.5 Å². The third-order valence-electron chi connectivity index (χ3n) is 3.74. The molecule has 0 radical (unpaired) electrons. The average Bonchev–Trinajstić information content (AvgIpc) is 2.62. The van der Waals surface area contributed by atoms with Crippen LogP contribution in [-0.2, 0) is 17.6 Å². The quantitative estimate of drug-likeness (QED) is 0.782. The van der Waals surface area contributed by atoms with E-state index < -0.39 is 0 Å². The SMILES string of the molecule is COc1cc(CC(=O)NCCc2ccc(Cl)cc2)cc(OC)c1OC. The highest BCUT2D eigenvalue weighted by atomic mass is 35.5. The fraction of sp³-hybridized carbons (Fsp3) is 0.316. The van der Waals surface area contributed by atoms with Crippen LogP contribution in [-0.4, -0.2) is 33.8 Å². The fourth-order valence-electron chi connectivity index (χ4n) is 2.48. The molecule has 5 nitrogen and oxygen atoms in total. The minimum Gasteiger partial charge on any atom is -0.493 e. The Labute approximate surface area is 152 Å². The van der Waals surface area contributed by atoms with Crippen LogP contribution in [0.25, 0.3) is 0 Å². The van der Waals surface area contributed by atoms with Gasteiger partial charge in [0.2, 0.25) is 11.7 Å². The van der Waals surface area contributed by atoms with Crippen LogP contribution >= 0.6 is 11.6 Å². The Morgan fingerprint density at radius 2 is 1.56 bits per heavy atom.